The van der Waals surface area contributed by atoms with Crippen LogP contribution in [0.25, 0.3) is 0 Å². The van der Waals surface area contributed by atoms with Crippen molar-refractivity contribution in [1.82, 2.24) is 9.36 Å². The normalized spacial score (nSPS) is 19.5. The molecule has 0 amide bonds. The van der Waals surface area contributed by atoms with E-state index in [1.807, 2.05) is 0 Å². The second-order valence-electron chi connectivity index (χ2n) is 9.42. The van der Waals surface area contributed by atoms with Crippen LogP contribution in [0.15, 0.2) is 78.0 Å². The first-order valence-corrected chi connectivity index (χ1v) is 14.4. The molecular formula is C28H24N4O3S2. The molecule has 0 spiro atoms. The first-order valence-electron chi connectivity index (χ1n) is 12.2. The van der Waals surface area contributed by atoms with Crippen LogP contribution in [-0.2, 0) is 15.4 Å². The van der Waals surface area contributed by atoms with Crippen molar-refractivity contribution in [3.63, 3.8) is 0 Å². The number of fused-ring (bicyclic) bond motifs is 1. The molecule has 0 unspecified atom stereocenters. The van der Waals surface area contributed by atoms with Gasteiger partial charge in [0.2, 0.25) is 5.13 Å². The van der Waals surface area contributed by atoms with Gasteiger partial charge in [0.1, 0.15) is 18.1 Å². The molecule has 1 aromatic heterocycles. The Bertz CT molecular complexity index is 1560. The van der Waals surface area contributed by atoms with Crippen molar-refractivity contribution >= 4 is 26.7 Å². The molecule has 9 heteroatoms. The van der Waals surface area contributed by atoms with Gasteiger partial charge in [-0.05, 0) is 66.1 Å². The van der Waals surface area contributed by atoms with E-state index in [2.05, 4.69) is 68.7 Å². The van der Waals surface area contributed by atoms with Crippen LogP contribution >= 0.6 is 11.5 Å². The second kappa shape index (κ2) is 9.29. The highest BCUT2D eigenvalue weighted by molar-refractivity contribution is 7.93. The zero-order chi connectivity index (χ0) is 25.5. The van der Waals surface area contributed by atoms with Crippen molar-refractivity contribution in [2.45, 2.75) is 41.9 Å². The lowest BCUT2D eigenvalue weighted by molar-refractivity contribution is 0.270. The number of nitriles is 1. The number of rotatable bonds is 8. The number of nitrogens with zero attached hydrogens (tertiary/aromatic N) is 3. The minimum absolute atomic E-state index is 0.0299. The van der Waals surface area contributed by atoms with Crippen molar-refractivity contribution in [3.05, 3.63) is 101 Å². The summed E-state index contributed by atoms with van der Waals surface area (Å²) < 4.78 is 37.5. The summed E-state index contributed by atoms with van der Waals surface area (Å²) in [6, 6.07) is 24.0. The largest absolute Gasteiger partial charge is 0.492 e. The van der Waals surface area contributed by atoms with Crippen LogP contribution in [0.1, 0.15) is 59.4 Å². The van der Waals surface area contributed by atoms with Crippen LogP contribution in [0.3, 0.4) is 0 Å². The van der Waals surface area contributed by atoms with Gasteiger partial charge in [-0.3, -0.25) is 4.72 Å². The van der Waals surface area contributed by atoms with Crippen LogP contribution in [0.4, 0.5) is 5.13 Å². The van der Waals surface area contributed by atoms with Crippen molar-refractivity contribution in [3.8, 4) is 11.8 Å². The number of benzene rings is 3. The van der Waals surface area contributed by atoms with Crippen LogP contribution in [0, 0.1) is 11.3 Å². The summed E-state index contributed by atoms with van der Waals surface area (Å²) in [6.07, 6.45) is 5.28. The van der Waals surface area contributed by atoms with Gasteiger partial charge < -0.3 is 4.74 Å². The van der Waals surface area contributed by atoms with E-state index in [9.17, 15) is 13.7 Å². The summed E-state index contributed by atoms with van der Waals surface area (Å²) in [5, 5.41) is 9.83. The molecule has 3 aliphatic rings. The van der Waals surface area contributed by atoms with Crippen molar-refractivity contribution in [2.24, 2.45) is 0 Å². The molecule has 0 saturated heterocycles. The topological polar surface area (TPSA) is 105 Å². The van der Waals surface area contributed by atoms with Crippen LogP contribution < -0.4 is 9.46 Å². The summed E-state index contributed by atoms with van der Waals surface area (Å²) in [6.45, 7) is 0.430. The average Bonchev–Trinajstić information content (AvgIpc) is 3.44. The predicted octanol–water partition coefficient (Wildman–Crippen LogP) is 5.59. The van der Waals surface area contributed by atoms with Gasteiger partial charge in [0.05, 0.1) is 17.1 Å². The molecule has 4 aromatic rings. The Labute approximate surface area is 220 Å². The molecule has 186 valence electrons. The fraction of sp³-hybridized carbons (Fsp3) is 0.250. The maximum absolute atomic E-state index is 12.7. The molecule has 0 atom stereocenters. The maximum atomic E-state index is 12.7. The highest BCUT2D eigenvalue weighted by Crippen LogP contribution is 2.57. The van der Waals surface area contributed by atoms with E-state index >= 15 is 0 Å². The molecular weight excluding hydrogens is 504 g/mol. The first kappa shape index (κ1) is 23.6. The Kier molecular flexibility index (Phi) is 5.94. The first-order chi connectivity index (χ1) is 18.0. The SMILES string of the molecule is N#Cc1cc(S(=O)(=O)Nc2ncns2)ccc1OCCCC12CCC(c3ccccc31)c1ccccc12. The third-order valence-electron chi connectivity index (χ3n) is 7.53. The molecule has 3 aliphatic carbocycles. The summed E-state index contributed by atoms with van der Waals surface area (Å²) in [5.74, 6) is 0.850. The molecule has 0 fully saturated rings. The van der Waals surface area contributed by atoms with Crippen LogP contribution in [0.5, 0.6) is 5.75 Å². The third-order valence-corrected chi connectivity index (χ3v) is 9.58. The van der Waals surface area contributed by atoms with E-state index < -0.39 is 10.0 Å². The molecule has 3 aromatic carbocycles. The van der Waals surface area contributed by atoms with Gasteiger partial charge in [-0.2, -0.15) is 9.64 Å². The average molecular weight is 529 g/mol. The van der Waals surface area contributed by atoms with E-state index in [4.69, 9.17) is 4.74 Å². The monoisotopic (exact) mass is 528 g/mol. The van der Waals surface area contributed by atoms with Crippen molar-refractivity contribution in [1.29, 1.82) is 5.26 Å². The van der Waals surface area contributed by atoms with Crippen molar-refractivity contribution in [2.75, 3.05) is 11.3 Å². The smallest absolute Gasteiger partial charge is 0.263 e. The Balaban J connectivity index is 1.19. The van der Waals surface area contributed by atoms with E-state index in [1.54, 1.807) is 6.07 Å². The number of ether oxygens (including phenoxy) is 1. The zero-order valence-electron chi connectivity index (χ0n) is 19.9. The summed E-state index contributed by atoms with van der Waals surface area (Å²) >= 11 is 0.938. The molecule has 2 bridgehead atoms. The van der Waals surface area contributed by atoms with E-state index in [0.29, 0.717) is 18.3 Å². The molecule has 0 aliphatic heterocycles. The number of hydrogen-bond acceptors (Lipinski definition) is 7. The number of aromatic nitrogens is 2. The highest BCUT2D eigenvalue weighted by atomic mass is 32.2. The summed E-state index contributed by atoms with van der Waals surface area (Å²) in [4.78, 5) is 3.82. The highest BCUT2D eigenvalue weighted by Gasteiger charge is 2.47. The maximum Gasteiger partial charge on any atom is 0.263 e. The lowest BCUT2D eigenvalue weighted by Gasteiger charge is -2.49. The minimum atomic E-state index is -3.88. The second-order valence-corrected chi connectivity index (χ2v) is 11.9. The van der Waals surface area contributed by atoms with Gasteiger partial charge >= 0.3 is 0 Å². The van der Waals surface area contributed by atoms with E-state index in [0.717, 1.165) is 37.2 Å². The standard InChI is InChI=1S/C28H24N4O3S2/c29-17-19-16-20(37(33,34)32-27-30-18-31-36-27)10-11-26(19)35-15-5-13-28-14-12-21(22-6-1-3-8-24(22)28)23-7-2-4-9-25(23)28/h1-4,6-11,16,18,21H,5,12-15H2,(H,30,31,32). The van der Waals surface area contributed by atoms with Gasteiger partial charge in [-0.1, -0.05) is 48.5 Å². The molecule has 7 rings (SSSR count). The molecule has 1 N–H and O–H groups in total. The van der Waals surface area contributed by atoms with E-state index in [-0.39, 0.29) is 21.0 Å². The Morgan fingerprint density at radius 3 is 2.49 bits per heavy atom. The quantitative estimate of drug-likeness (QED) is 0.299. The predicted molar refractivity (Wildman–Crippen MR) is 141 cm³/mol. The van der Waals surface area contributed by atoms with Gasteiger partial charge in [0.15, 0.2) is 0 Å². The lowest BCUT2D eigenvalue weighted by atomic mass is 9.54. The molecule has 37 heavy (non-hydrogen) atoms. The minimum Gasteiger partial charge on any atom is -0.492 e. The molecule has 1 heterocycles. The number of hydrogen-bond donors (Lipinski definition) is 1. The van der Waals surface area contributed by atoms with Gasteiger partial charge in [0, 0.05) is 22.9 Å². The zero-order valence-corrected chi connectivity index (χ0v) is 21.6. The molecule has 0 radical (unpaired) electrons. The molecule has 0 saturated carbocycles. The van der Waals surface area contributed by atoms with Gasteiger partial charge in [-0.25, -0.2) is 13.4 Å². The summed E-state index contributed by atoms with van der Waals surface area (Å²) in [7, 11) is -3.88. The van der Waals surface area contributed by atoms with Gasteiger partial charge in [-0.15, -0.1) is 0 Å². The Morgan fingerprint density at radius 2 is 1.81 bits per heavy atom. The van der Waals surface area contributed by atoms with E-state index in [1.165, 1.54) is 40.7 Å². The summed E-state index contributed by atoms with van der Waals surface area (Å²) in [5.41, 5.74) is 5.89. The number of anilines is 1. The fourth-order valence-corrected chi connectivity index (χ4v) is 7.68. The molecule has 7 nitrogen and oxygen atoms in total. The van der Waals surface area contributed by atoms with Crippen LogP contribution in [-0.4, -0.2) is 24.4 Å². The third kappa shape index (κ3) is 4.06. The Morgan fingerprint density at radius 1 is 1.08 bits per heavy atom. The lowest BCUT2D eigenvalue weighted by Crippen LogP contribution is -2.40. The number of nitrogens with one attached hydrogen (secondary N) is 1. The van der Waals surface area contributed by atoms with Gasteiger partial charge in [0.25, 0.3) is 10.0 Å². The van der Waals surface area contributed by atoms with Crippen LogP contribution in [0.2, 0.25) is 0 Å². The fourth-order valence-electron chi connectivity index (χ4n) is 5.99. The number of sulfonamides is 1. The Hall–Kier alpha value is -3.74. The van der Waals surface area contributed by atoms with Crippen molar-refractivity contribution < 1.29 is 13.2 Å².